The molecule has 0 bridgehead atoms. The third kappa shape index (κ3) is 24.9. The van der Waals surface area contributed by atoms with E-state index in [4.69, 9.17) is 0 Å². The summed E-state index contributed by atoms with van der Waals surface area (Å²) in [5.41, 5.74) is 0. The predicted molar refractivity (Wildman–Crippen MR) is 158 cm³/mol. The Kier molecular flexibility index (Phi) is 27.0. The Hall–Kier alpha value is -1.17. The maximum absolute atomic E-state index is 12.3. The second-order valence-corrected chi connectivity index (χ2v) is 10.7. The Morgan fingerprint density at radius 2 is 1.16 bits per heavy atom. The van der Waals surface area contributed by atoms with Crippen LogP contribution in [0.15, 0.2) is 24.3 Å². The van der Waals surface area contributed by atoms with E-state index in [0.717, 1.165) is 32.1 Å². The third-order valence-corrected chi connectivity index (χ3v) is 6.99. The average Bonchev–Trinajstić information content (AvgIpc) is 2.88. The highest BCUT2D eigenvalue weighted by Crippen LogP contribution is 2.13. The number of amides is 1. The van der Waals surface area contributed by atoms with Gasteiger partial charge in [-0.05, 0) is 32.1 Å². The predicted octanol–water partition coefficient (Wildman–Crippen LogP) is 7.53. The topological polar surface area (TPSA) is 89.8 Å². The first-order valence-electron chi connectivity index (χ1n) is 15.6. The van der Waals surface area contributed by atoms with Crippen molar-refractivity contribution in [3.05, 3.63) is 24.3 Å². The molecule has 0 aromatic carbocycles. The molecule has 0 aliphatic rings. The molecule has 0 aromatic heterocycles. The van der Waals surface area contributed by atoms with Crippen LogP contribution in [-0.2, 0) is 4.79 Å². The number of carbonyl (C=O) groups is 1. The quantitative estimate of drug-likeness (QED) is 0.0661. The number of hydrogen-bond donors (Lipinski definition) is 4. The first kappa shape index (κ1) is 35.8. The van der Waals surface area contributed by atoms with Crippen molar-refractivity contribution in [2.75, 3.05) is 6.61 Å². The number of rotatable bonds is 27. The van der Waals surface area contributed by atoms with Crippen LogP contribution in [0.3, 0.4) is 0 Å². The Bertz CT molecular complexity index is 549. The molecule has 0 aliphatic heterocycles. The molecule has 0 rings (SSSR count). The number of carbonyl (C=O) groups excluding carboxylic acids is 1. The Labute approximate surface area is 229 Å². The molecular formula is C32H61NO4. The summed E-state index contributed by atoms with van der Waals surface area (Å²) in [6, 6.07) is -0.753. The smallest absolute Gasteiger partial charge is 0.222 e. The van der Waals surface area contributed by atoms with E-state index in [1.54, 1.807) is 6.08 Å². The van der Waals surface area contributed by atoms with Gasteiger partial charge in [0.05, 0.1) is 31.3 Å². The number of allylic oxidation sites excluding steroid dienone is 3. The number of aliphatic hydroxyl groups excluding tert-OH is 3. The summed E-state index contributed by atoms with van der Waals surface area (Å²) >= 11 is 0. The lowest BCUT2D eigenvalue weighted by Crippen LogP contribution is -2.45. The minimum Gasteiger partial charge on any atom is -0.394 e. The molecule has 0 saturated carbocycles. The van der Waals surface area contributed by atoms with E-state index < -0.39 is 18.2 Å². The zero-order valence-corrected chi connectivity index (χ0v) is 24.3. The Morgan fingerprint density at radius 3 is 1.73 bits per heavy atom. The van der Waals surface area contributed by atoms with Crippen molar-refractivity contribution in [1.29, 1.82) is 0 Å². The summed E-state index contributed by atoms with van der Waals surface area (Å²) in [5, 5.41) is 32.8. The van der Waals surface area contributed by atoms with Gasteiger partial charge in [-0.1, -0.05) is 134 Å². The van der Waals surface area contributed by atoms with Crippen LogP contribution in [0.5, 0.6) is 0 Å². The lowest BCUT2D eigenvalue weighted by molar-refractivity contribution is -0.124. The molecule has 218 valence electrons. The summed E-state index contributed by atoms with van der Waals surface area (Å²) < 4.78 is 0. The summed E-state index contributed by atoms with van der Waals surface area (Å²) in [5.74, 6) is -0.330. The van der Waals surface area contributed by atoms with E-state index >= 15 is 0 Å². The summed E-state index contributed by atoms with van der Waals surface area (Å²) in [6.07, 6.45) is 30.1. The van der Waals surface area contributed by atoms with E-state index in [-0.39, 0.29) is 18.9 Å². The molecule has 0 aliphatic carbocycles. The molecule has 4 N–H and O–H groups in total. The largest absolute Gasteiger partial charge is 0.394 e. The summed E-state index contributed by atoms with van der Waals surface area (Å²) in [4.78, 5) is 12.3. The van der Waals surface area contributed by atoms with Crippen LogP contribution in [0.2, 0.25) is 0 Å². The molecule has 5 nitrogen and oxygen atoms in total. The second-order valence-electron chi connectivity index (χ2n) is 10.7. The van der Waals surface area contributed by atoms with Crippen LogP contribution < -0.4 is 5.32 Å². The molecule has 5 heteroatoms. The molecule has 0 spiro atoms. The molecule has 0 aromatic rings. The van der Waals surface area contributed by atoms with E-state index in [1.165, 1.54) is 89.9 Å². The first-order valence-corrected chi connectivity index (χ1v) is 15.6. The fourth-order valence-corrected chi connectivity index (χ4v) is 4.53. The van der Waals surface area contributed by atoms with E-state index in [1.807, 2.05) is 6.08 Å². The lowest BCUT2D eigenvalue weighted by Gasteiger charge is -2.21. The minimum atomic E-state index is -0.944. The number of unbranched alkanes of at least 4 members (excludes halogenated alkanes) is 16. The van der Waals surface area contributed by atoms with Crippen molar-refractivity contribution in [2.24, 2.45) is 0 Å². The fourth-order valence-electron chi connectivity index (χ4n) is 4.53. The minimum absolute atomic E-state index is 0.00787. The summed E-state index contributed by atoms with van der Waals surface area (Å²) in [6.45, 7) is 4.13. The van der Waals surface area contributed by atoms with Crippen LogP contribution in [-0.4, -0.2) is 46.1 Å². The SMILES string of the molecule is CCCCCCC/C=C/CC/C=C/C(O)C(CO)NC(=O)CC(O)CCCCCCCCCCCCC. The van der Waals surface area contributed by atoms with Crippen molar-refractivity contribution in [3.8, 4) is 0 Å². The van der Waals surface area contributed by atoms with Crippen molar-refractivity contribution in [2.45, 2.75) is 167 Å². The Balaban J connectivity index is 3.86. The fraction of sp³-hybridized carbons (Fsp3) is 0.844. The molecule has 37 heavy (non-hydrogen) atoms. The molecule has 1 amide bonds. The van der Waals surface area contributed by atoms with Crippen LogP contribution in [0.1, 0.15) is 149 Å². The van der Waals surface area contributed by atoms with Crippen molar-refractivity contribution in [1.82, 2.24) is 5.32 Å². The van der Waals surface area contributed by atoms with Crippen molar-refractivity contribution < 1.29 is 20.1 Å². The molecule has 3 unspecified atom stereocenters. The van der Waals surface area contributed by atoms with Crippen LogP contribution in [0.4, 0.5) is 0 Å². The monoisotopic (exact) mass is 523 g/mol. The van der Waals surface area contributed by atoms with Gasteiger partial charge in [-0.3, -0.25) is 4.79 Å². The van der Waals surface area contributed by atoms with Crippen molar-refractivity contribution in [3.63, 3.8) is 0 Å². The highest BCUT2D eigenvalue weighted by molar-refractivity contribution is 5.76. The van der Waals surface area contributed by atoms with Crippen molar-refractivity contribution >= 4 is 5.91 Å². The average molecular weight is 524 g/mol. The van der Waals surface area contributed by atoms with Gasteiger partial charge in [0, 0.05) is 0 Å². The normalized spacial score (nSPS) is 14.4. The maximum Gasteiger partial charge on any atom is 0.222 e. The van der Waals surface area contributed by atoms with Gasteiger partial charge in [-0.25, -0.2) is 0 Å². The highest BCUT2D eigenvalue weighted by atomic mass is 16.3. The molecule has 3 atom stereocenters. The van der Waals surface area contributed by atoms with Gasteiger partial charge in [0.25, 0.3) is 0 Å². The van der Waals surface area contributed by atoms with Crippen LogP contribution in [0.25, 0.3) is 0 Å². The number of nitrogens with one attached hydrogen (secondary N) is 1. The van der Waals surface area contributed by atoms with E-state index in [2.05, 4.69) is 31.3 Å². The van der Waals surface area contributed by atoms with Gasteiger partial charge in [0.1, 0.15) is 0 Å². The van der Waals surface area contributed by atoms with Gasteiger partial charge in [0.15, 0.2) is 0 Å². The molecule has 0 fully saturated rings. The van der Waals surface area contributed by atoms with Gasteiger partial charge in [-0.15, -0.1) is 0 Å². The second kappa shape index (κ2) is 27.9. The highest BCUT2D eigenvalue weighted by Gasteiger charge is 2.20. The molecule has 0 heterocycles. The zero-order valence-electron chi connectivity index (χ0n) is 24.3. The molecular weight excluding hydrogens is 462 g/mol. The van der Waals surface area contributed by atoms with E-state index in [9.17, 15) is 20.1 Å². The van der Waals surface area contributed by atoms with Crippen LogP contribution >= 0.6 is 0 Å². The van der Waals surface area contributed by atoms with Gasteiger partial charge in [-0.2, -0.15) is 0 Å². The summed E-state index contributed by atoms with van der Waals surface area (Å²) in [7, 11) is 0. The van der Waals surface area contributed by atoms with Crippen LogP contribution in [0, 0.1) is 0 Å². The Morgan fingerprint density at radius 1 is 0.676 bits per heavy atom. The lowest BCUT2D eigenvalue weighted by atomic mass is 10.0. The molecule has 0 radical (unpaired) electrons. The van der Waals surface area contributed by atoms with Gasteiger partial charge < -0.3 is 20.6 Å². The zero-order chi connectivity index (χ0) is 27.4. The third-order valence-electron chi connectivity index (χ3n) is 6.99. The standard InChI is InChI=1S/C32H61NO4/c1-3-5-7-9-11-13-15-17-19-21-23-25-29(35)27-32(37)33-30(28-34)31(36)26-24-22-20-18-16-14-12-10-8-6-4-2/h16,18,24,26,29-31,34-36H,3-15,17,19-23,25,27-28H2,1-2H3,(H,33,37)/b18-16+,26-24+. The number of hydrogen-bond acceptors (Lipinski definition) is 4. The van der Waals surface area contributed by atoms with Gasteiger partial charge >= 0.3 is 0 Å². The van der Waals surface area contributed by atoms with Gasteiger partial charge in [0.2, 0.25) is 5.91 Å². The van der Waals surface area contributed by atoms with E-state index in [0.29, 0.717) is 6.42 Å². The molecule has 0 saturated heterocycles. The first-order chi connectivity index (χ1) is 18.0. The number of aliphatic hydroxyl groups is 3. The maximum atomic E-state index is 12.3.